The summed E-state index contributed by atoms with van der Waals surface area (Å²) in [5, 5.41) is 10.7. The third kappa shape index (κ3) is 3.02. The molecule has 1 aliphatic carbocycles. The van der Waals surface area contributed by atoms with Gasteiger partial charge in [0.1, 0.15) is 6.54 Å². The van der Waals surface area contributed by atoms with Gasteiger partial charge >= 0.3 is 0 Å². The first-order valence-corrected chi connectivity index (χ1v) is 7.73. The second kappa shape index (κ2) is 6.29. The van der Waals surface area contributed by atoms with Gasteiger partial charge in [-0.05, 0) is 29.7 Å². The highest BCUT2D eigenvalue weighted by Crippen LogP contribution is 2.28. The normalized spacial score (nSPS) is 19.6. The van der Waals surface area contributed by atoms with Gasteiger partial charge in [-0.3, -0.25) is 9.59 Å². The molecule has 0 radical (unpaired) electrons. The lowest BCUT2D eigenvalue weighted by molar-refractivity contribution is -0.138. The molecule has 1 aliphatic heterocycles. The van der Waals surface area contributed by atoms with Crippen LogP contribution in [-0.2, 0) is 16.1 Å². The molecule has 1 saturated heterocycles. The number of rotatable bonds is 3. The van der Waals surface area contributed by atoms with Crippen molar-refractivity contribution in [3.05, 3.63) is 0 Å². The number of aromatic nitrogens is 4. The van der Waals surface area contributed by atoms with Crippen LogP contribution in [0.1, 0.15) is 25.7 Å². The fourth-order valence-corrected chi connectivity index (χ4v) is 2.85. The molecule has 2 fully saturated rings. The fraction of sp³-hybridized carbons (Fsp3) is 0.769. The van der Waals surface area contributed by atoms with Gasteiger partial charge in [0.25, 0.3) is 0 Å². The predicted octanol–water partition coefficient (Wildman–Crippen LogP) is -0.884. The topological polar surface area (TPSA) is 110 Å². The number of tetrazole rings is 1. The van der Waals surface area contributed by atoms with E-state index < -0.39 is 0 Å². The van der Waals surface area contributed by atoms with E-state index in [-0.39, 0.29) is 30.2 Å². The number of hydrogen-bond acceptors (Lipinski definition) is 6. The molecule has 2 N–H and O–H groups in total. The van der Waals surface area contributed by atoms with E-state index in [0.29, 0.717) is 19.6 Å². The van der Waals surface area contributed by atoms with Gasteiger partial charge in [-0.25, -0.2) is 4.68 Å². The van der Waals surface area contributed by atoms with Gasteiger partial charge in [0.05, 0.1) is 0 Å². The van der Waals surface area contributed by atoms with Gasteiger partial charge in [0, 0.05) is 32.1 Å². The van der Waals surface area contributed by atoms with Gasteiger partial charge in [0.2, 0.25) is 17.8 Å². The molecule has 0 unspecified atom stereocenters. The summed E-state index contributed by atoms with van der Waals surface area (Å²) in [4.78, 5) is 28.2. The summed E-state index contributed by atoms with van der Waals surface area (Å²) < 4.78 is 1.28. The van der Waals surface area contributed by atoms with E-state index in [9.17, 15) is 9.59 Å². The average molecular weight is 307 g/mol. The van der Waals surface area contributed by atoms with Crippen LogP contribution in [0.25, 0.3) is 0 Å². The van der Waals surface area contributed by atoms with E-state index in [2.05, 4.69) is 15.5 Å². The van der Waals surface area contributed by atoms with Crippen molar-refractivity contribution in [2.75, 3.05) is 31.9 Å². The molecule has 0 atom stereocenters. The van der Waals surface area contributed by atoms with Crippen LogP contribution in [0, 0.1) is 5.92 Å². The van der Waals surface area contributed by atoms with Crippen LogP contribution >= 0.6 is 0 Å². The van der Waals surface area contributed by atoms with Crippen LogP contribution in [0.2, 0.25) is 0 Å². The maximum atomic E-state index is 12.3. The number of nitrogen functional groups attached to an aromatic ring is 1. The molecule has 0 bridgehead atoms. The SMILES string of the molecule is Nc1nnnn1CC(=O)N1CCCN(C(=O)C2CCC2)CC1. The summed E-state index contributed by atoms with van der Waals surface area (Å²) in [5.74, 6) is 0.524. The first kappa shape index (κ1) is 14.7. The summed E-state index contributed by atoms with van der Waals surface area (Å²) in [6.45, 7) is 2.57. The largest absolute Gasteiger partial charge is 0.367 e. The summed E-state index contributed by atoms with van der Waals surface area (Å²) in [6.07, 6.45) is 3.98. The molecule has 2 amide bonds. The molecular weight excluding hydrogens is 286 g/mol. The highest BCUT2D eigenvalue weighted by molar-refractivity contribution is 5.80. The Hall–Kier alpha value is -2.19. The molecule has 1 aromatic heterocycles. The first-order chi connectivity index (χ1) is 10.6. The minimum Gasteiger partial charge on any atom is -0.367 e. The van der Waals surface area contributed by atoms with Crippen molar-refractivity contribution in [3.63, 3.8) is 0 Å². The molecule has 1 aromatic rings. The van der Waals surface area contributed by atoms with Gasteiger partial charge < -0.3 is 15.5 Å². The van der Waals surface area contributed by atoms with E-state index in [1.165, 1.54) is 4.68 Å². The van der Waals surface area contributed by atoms with E-state index >= 15 is 0 Å². The minimum absolute atomic E-state index is 0.0371. The number of amides is 2. The Morgan fingerprint density at radius 2 is 1.82 bits per heavy atom. The number of nitrogens with zero attached hydrogens (tertiary/aromatic N) is 6. The van der Waals surface area contributed by atoms with E-state index in [1.807, 2.05) is 4.90 Å². The highest BCUT2D eigenvalue weighted by atomic mass is 16.2. The summed E-state index contributed by atoms with van der Waals surface area (Å²) in [5.41, 5.74) is 5.57. The molecule has 2 heterocycles. The van der Waals surface area contributed by atoms with Crippen molar-refractivity contribution in [2.24, 2.45) is 5.92 Å². The quantitative estimate of drug-likeness (QED) is 0.776. The van der Waals surface area contributed by atoms with Gasteiger partial charge in [-0.1, -0.05) is 11.5 Å². The Morgan fingerprint density at radius 1 is 1.09 bits per heavy atom. The maximum absolute atomic E-state index is 12.3. The second-order valence-corrected chi connectivity index (χ2v) is 5.88. The summed E-state index contributed by atoms with van der Waals surface area (Å²) >= 11 is 0. The van der Waals surface area contributed by atoms with Gasteiger partial charge in [-0.2, -0.15) is 0 Å². The number of nitrogens with two attached hydrogens (primary N) is 1. The van der Waals surface area contributed by atoms with Crippen molar-refractivity contribution in [1.29, 1.82) is 0 Å². The number of anilines is 1. The highest BCUT2D eigenvalue weighted by Gasteiger charge is 2.31. The lowest BCUT2D eigenvalue weighted by Crippen LogP contribution is -2.42. The molecule has 120 valence electrons. The van der Waals surface area contributed by atoms with Crippen LogP contribution in [0.3, 0.4) is 0 Å². The zero-order valence-corrected chi connectivity index (χ0v) is 12.5. The third-order valence-electron chi connectivity index (χ3n) is 4.46. The van der Waals surface area contributed by atoms with Crippen molar-refractivity contribution < 1.29 is 9.59 Å². The van der Waals surface area contributed by atoms with Gasteiger partial charge in [0.15, 0.2) is 0 Å². The lowest BCUT2D eigenvalue weighted by atomic mass is 9.84. The smallest absolute Gasteiger partial charge is 0.244 e. The van der Waals surface area contributed by atoms with Crippen LogP contribution in [0.4, 0.5) is 5.95 Å². The van der Waals surface area contributed by atoms with E-state index in [1.54, 1.807) is 4.90 Å². The minimum atomic E-state index is -0.0723. The van der Waals surface area contributed by atoms with E-state index in [0.717, 1.165) is 32.2 Å². The molecule has 9 nitrogen and oxygen atoms in total. The molecule has 2 aliphatic rings. The monoisotopic (exact) mass is 307 g/mol. The Balaban J connectivity index is 1.54. The second-order valence-electron chi connectivity index (χ2n) is 5.88. The Bertz CT molecular complexity index is 554. The molecule has 1 saturated carbocycles. The van der Waals surface area contributed by atoms with Gasteiger partial charge in [-0.15, -0.1) is 0 Å². The molecular formula is C13H21N7O2. The molecule has 9 heteroatoms. The van der Waals surface area contributed by atoms with E-state index in [4.69, 9.17) is 5.73 Å². The third-order valence-corrected chi connectivity index (χ3v) is 4.46. The van der Waals surface area contributed by atoms with Crippen molar-refractivity contribution >= 4 is 17.8 Å². The summed E-state index contributed by atoms with van der Waals surface area (Å²) in [7, 11) is 0. The molecule has 0 spiro atoms. The Morgan fingerprint density at radius 3 is 2.45 bits per heavy atom. The van der Waals surface area contributed by atoms with Crippen LogP contribution in [0.5, 0.6) is 0 Å². The fourth-order valence-electron chi connectivity index (χ4n) is 2.85. The Kier molecular flexibility index (Phi) is 4.21. The zero-order chi connectivity index (χ0) is 15.5. The Labute approximate surface area is 128 Å². The van der Waals surface area contributed by atoms with Crippen LogP contribution in [-0.4, -0.2) is 68.0 Å². The van der Waals surface area contributed by atoms with Crippen molar-refractivity contribution in [2.45, 2.75) is 32.2 Å². The predicted molar refractivity (Wildman–Crippen MR) is 77.3 cm³/mol. The first-order valence-electron chi connectivity index (χ1n) is 7.73. The number of carbonyl (C=O) groups excluding carboxylic acids is 2. The number of carbonyl (C=O) groups is 2. The average Bonchev–Trinajstić information content (AvgIpc) is 2.72. The van der Waals surface area contributed by atoms with Crippen LogP contribution in [0.15, 0.2) is 0 Å². The van der Waals surface area contributed by atoms with Crippen LogP contribution < -0.4 is 5.73 Å². The number of hydrogen-bond donors (Lipinski definition) is 1. The molecule has 0 aromatic carbocycles. The molecule has 3 rings (SSSR count). The zero-order valence-electron chi connectivity index (χ0n) is 12.5. The van der Waals surface area contributed by atoms with Crippen molar-refractivity contribution in [1.82, 2.24) is 30.0 Å². The maximum Gasteiger partial charge on any atom is 0.244 e. The summed E-state index contributed by atoms with van der Waals surface area (Å²) in [6, 6.07) is 0. The lowest BCUT2D eigenvalue weighted by Gasteiger charge is -2.31. The van der Waals surface area contributed by atoms with Crippen molar-refractivity contribution in [3.8, 4) is 0 Å². The molecule has 22 heavy (non-hydrogen) atoms. The standard InChI is InChI=1S/C13H21N7O2/c14-13-15-16-17-20(13)9-11(21)18-5-2-6-19(8-7-18)12(22)10-3-1-4-10/h10H,1-9H2,(H2,14,15,17).